The van der Waals surface area contributed by atoms with Crippen molar-refractivity contribution in [3.05, 3.63) is 22.4 Å². The van der Waals surface area contributed by atoms with Crippen LogP contribution in [0.2, 0.25) is 0 Å². The van der Waals surface area contributed by atoms with Crippen molar-refractivity contribution >= 4 is 31.6 Å². The molecule has 1 aliphatic carbocycles. The molecule has 7 heteroatoms. The van der Waals surface area contributed by atoms with Crippen LogP contribution in [0.25, 0.3) is 0 Å². The van der Waals surface area contributed by atoms with Gasteiger partial charge in [-0.15, -0.1) is 0 Å². The van der Waals surface area contributed by atoms with Crippen molar-refractivity contribution in [1.82, 2.24) is 4.72 Å². The summed E-state index contributed by atoms with van der Waals surface area (Å²) < 4.78 is 40.9. The van der Waals surface area contributed by atoms with E-state index in [9.17, 15) is 12.8 Å². The van der Waals surface area contributed by atoms with E-state index >= 15 is 0 Å². The molecule has 106 valence electrons. The molecule has 1 atom stereocenters. The van der Waals surface area contributed by atoms with Crippen LogP contribution < -0.4 is 10.5 Å². The van der Waals surface area contributed by atoms with Crippen LogP contribution in [0.1, 0.15) is 26.2 Å². The van der Waals surface area contributed by atoms with Crippen molar-refractivity contribution in [2.24, 2.45) is 5.92 Å². The maximum absolute atomic E-state index is 13.8. The second kappa shape index (κ2) is 5.38. The van der Waals surface area contributed by atoms with Gasteiger partial charge in [0, 0.05) is 16.2 Å². The fourth-order valence-electron chi connectivity index (χ4n) is 2.10. The molecule has 1 saturated carbocycles. The summed E-state index contributed by atoms with van der Waals surface area (Å²) in [7, 11) is -3.88. The third-order valence-corrected chi connectivity index (χ3v) is 5.80. The quantitative estimate of drug-likeness (QED) is 0.820. The van der Waals surface area contributed by atoms with E-state index < -0.39 is 20.7 Å². The standard InChI is InChI=1S/C12H16BrFN2O2S/c1-7(8-3-2-4-8)16-19(17,18)12-6-11(15)9(13)5-10(12)14/h5-8,16H,2-4,15H2,1H3. The monoisotopic (exact) mass is 350 g/mol. The smallest absolute Gasteiger partial charge is 0.243 e. The highest BCUT2D eigenvalue weighted by atomic mass is 79.9. The predicted octanol–water partition coefficient (Wildman–Crippen LogP) is 2.64. The zero-order chi connectivity index (χ0) is 14.2. The Labute approximate surface area is 120 Å². The topological polar surface area (TPSA) is 72.2 Å². The van der Waals surface area contributed by atoms with Crippen LogP contribution >= 0.6 is 15.9 Å². The van der Waals surface area contributed by atoms with Gasteiger partial charge in [0.2, 0.25) is 10.0 Å². The van der Waals surface area contributed by atoms with Crippen LogP contribution in [-0.2, 0) is 10.0 Å². The molecule has 0 aliphatic heterocycles. The fraction of sp³-hybridized carbons (Fsp3) is 0.500. The van der Waals surface area contributed by atoms with E-state index in [4.69, 9.17) is 5.73 Å². The number of halogens is 2. The maximum Gasteiger partial charge on any atom is 0.243 e. The third-order valence-electron chi connectivity index (χ3n) is 3.54. The number of nitrogens with one attached hydrogen (secondary N) is 1. The summed E-state index contributed by atoms with van der Waals surface area (Å²) in [5.41, 5.74) is 5.80. The van der Waals surface area contributed by atoms with E-state index in [1.54, 1.807) is 0 Å². The van der Waals surface area contributed by atoms with Crippen molar-refractivity contribution in [3.63, 3.8) is 0 Å². The molecule has 0 bridgehead atoms. The number of nitrogens with two attached hydrogens (primary N) is 1. The van der Waals surface area contributed by atoms with Gasteiger partial charge in [-0.2, -0.15) is 0 Å². The molecule has 3 N–H and O–H groups in total. The second-order valence-electron chi connectivity index (χ2n) is 4.91. The Bertz CT molecular complexity index is 588. The van der Waals surface area contributed by atoms with Crippen LogP contribution in [0.15, 0.2) is 21.5 Å². The summed E-state index contributed by atoms with van der Waals surface area (Å²) in [6.45, 7) is 1.81. The van der Waals surface area contributed by atoms with Gasteiger partial charge < -0.3 is 5.73 Å². The van der Waals surface area contributed by atoms with E-state index in [-0.39, 0.29) is 11.7 Å². The highest BCUT2D eigenvalue weighted by molar-refractivity contribution is 9.10. The van der Waals surface area contributed by atoms with Gasteiger partial charge >= 0.3 is 0 Å². The van der Waals surface area contributed by atoms with E-state index in [1.807, 2.05) is 6.92 Å². The van der Waals surface area contributed by atoms with Gasteiger partial charge in [0.1, 0.15) is 10.7 Å². The predicted molar refractivity (Wildman–Crippen MR) is 75.6 cm³/mol. The van der Waals surface area contributed by atoms with E-state index in [0.717, 1.165) is 31.4 Å². The van der Waals surface area contributed by atoms with E-state index in [1.165, 1.54) is 0 Å². The molecule has 1 unspecified atom stereocenters. The van der Waals surface area contributed by atoms with Crippen LogP contribution in [-0.4, -0.2) is 14.5 Å². The number of rotatable bonds is 4. The minimum atomic E-state index is -3.88. The Hall–Kier alpha value is -0.660. The number of sulfonamides is 1. The molecular weight excluding hydrogens is 335 g/mol. The summed E-state index contributed by atoms with van der Waals surface area (Å²) >= 11 is 3.06. The fourth-order valence-corrected chi connectivity index (χ4v) is 3.82. The van der Waals surface area contributed by atoms with Crippen LogP contribution in [0.4, 0.5) is 10.1 Å². The normalized spacial score (nSPS) is 18.1. The zero-order valence-electron chi connectivity index (χ0n) is 10.5. The molecule has 2 rings (SSSR count). The van der Waals surface area contributed by atoms with Crippen molar-refractivity contribution in [3.8, 4) is 0 Å². The van der Waals surface area contributed by atoms with Gasteiger partial charge in [-0.25, -0.2) is 17.5 Å². The number of anilines is 1. The molecule has 0 heterocycles. The summed E-state index contributed by atoms with van der Waals surface area (Å²) in [5, 5.41) is 0. The van der Waals surface area contributed by atoms with Crippen molar-refractivity contribution in [2.75, 3.05) is 5.73 Å². The molecule has 1 aliphatic rings. The third kappa shape index (κ3) is 3.09. The molecule has 0 radical (unpaired) electrons. The Morgan fingerprint density at radius 1 is 1.47 bits per heavy atom. The molecule has 1 fully saturated rings. The average Bonchev–Trinajstić information content (AvgIpc) is 2.19. The summed E-state index contributed by atoms with van der Waals surface area (Å²) in [6.07, 6.45) is 3.14. The Kier molecular flexibility index (Phi) is 4.17. The summed E-state index contributed by atoms with van der Waals surface area (Å²) in [5.74, 6) is -0.472. The molecular formula is C12H16BrFN2O2S. The largest absolute Gasteiger partial charge is 0.398 e. The molecule has 0 spiro atoms. The van der Waals surface area contributed by atoms with E-state index in [0.29, 0.717) is 10.4 Å². The minimum Gasteiger partial charge on any atom is -0.398 e. The lowest BCUT2D eigenvalue weighted by Gasteiger charge is -2.31. The molecule has 19 heavy (non-hydrogen) atoms. The first-order chi connectivity index (χ1) is 8.81. The lowest BCUT2D eigenvalue weighted by atomic mass is 9.81. The molecule has 1 aromatic rings. The second-order valence-corrected chi connectivity index (χ2v) is 7.44. The van der Waals surface area contributed by atoms with Gasteiger partial charge in [0.05, 0.1) is 0 Å². The molecule has 0 aromatic heterocycles. The van der Waals surface area contributed by atoms with Gasteiger partial charge in [-0.1, -0.05) is 6.42 Å². The zero-order valence-corrected chi connectivity index (χ0v) is 12.9. The summed E-state index contributed by atoms with van der Waals surface area (Å²) in [6, 6.07) is 2.01. The maximum atomic E-state index is 13.8. The molecule has 0 saturated heterocycles. The molecule has 1 aromatic carbocycles. The average molecular weight is 351 g/mol. The summed E-state index contributed by atoms with van der Waals surface area (Å²) in [4.78, 5) is -0.403. The number of nitrogen functional groups attached to an aromatic ring is 1. The Morgan fingerprint density at radius 2 is 2.11 bits per heavy atom. The van der Waals surface area contributed by atoms with Crippen LogP contribution in [0, 0.1) is 11.7 Å². The van der Waals surface area contributed by atoms with E-state index in [2.05, 4.69) is 20.7 Å². The van der Waals surface area contributed by atoms with Gasteiger partial charge in [-0.05, 0) is 53.7 Å². The Morgan fingerprint density at radius 3 is 2.63 bits per heavy atom. The lowest BCUT2D eigenvalue weighted by Crippen LogP contribution is -2.40. The van der Waals surface area contributed by atoms with Crippen LogP contribution in [0.3, 0.4) is 0 Å². The van der Waals surface area contributed by atoms with Crippen molar-refractivity contribution < 1.29 is 12.8 Å². The minimum absolute atomic E-state index is 0.192. The van der Waals surface area contributed by atoms with Gasteiger partial charge in [-0.3, -0.25) is 0 Å². The first-order valence-corrected chi connectivity index (χ1v) is 8.35. The highest BCUT2D eigenvalue weighted by Crippen LogP contribution is 2.31. The molecule has 0 amide bonds. The van der Waals surface area contributed by atoms with Gasteiger partial charge in [0.15, 0.2) is 0 Å². The first kappa shape index (κ1) is 14.7. The van der Waals surface area contributed by atoms with Gasteiger partial charge in [0.25, 0.3) is 0 Å². The van der Waals surface area contributed by atoms with Crippen molar-refractivity contribution in [2.45, 2.75) is 37.1 Å². The first-order valence-electron chi connectivity index (χ1n) is 6.08. The number of hydrogen-bond donors (Lipinski definition) is 2. The SMILES string of the molecule is CC(NS(=O)(=O)c1cc(N)c(Br)cc1F)C1CCC1. The lowest BCUT2D eigenvalue weighted by molar-refractivity contribution is 0.260. The number of benzene rings is 1. The highest BCUT2D eigenvalue weighted by Gasteiger charge is 2.29. The Balaban J connectivity index is 2.26. The number of hydrogen-bond acceptors (Lipinski definition) is 3. The molecule has 4 nitrogen and oxygen atoms in total. The van der Waals surface area contributed by atoms with Crippen molar-refractivity contribution in [1.29, 1.82) is 0 Å². The van der Waals surface area contributed by atoms with Crippen LogP contribution in [0.5, 0.6) is 0 Å².